The van der Waals surface area contributed by atoms with Crippen LogP contribution in [-0.2, 0) is 4.79 Å². The number of anilines is 1. The number of hydrogen-bond donors (Lipinski definition) is 2. The van der Waals surface area contributed by atoms with E-state index in [9.17, 15) is 20.0 Å². The maximum absolute atomic E-state index is 11.8. The Morgan fingerprint density at radius 2 is 2.14 bits per heavy atom. The zero-order valence-corrected chi connectivity index (χ0v) is 11.7. The van der Waals surface area contributed by atoms with Crippen molar-refractivity contribution in [1.82, 2.24) is 4.90 Å². The molecular formula is C14H19N3O4. The quantitative estimate of drug-likeness (QED) is 0.631. The van der Waals surface area contributed by atoms with Gasteiger partial charge in [0.1, 0.15) is 0 Å². The minimum absolute atomic E-state index is 0.0437. The number of carbonyl (C=O) groups is 1. The summed E-state index contributed by atoms with van der Waals surface area (Å²) in [6.07, 6.45) is 1.59. The molecule has 1 fully saturated rings. The third-order valence-electron chi connectivity index (χ3n) is 3.55. The van der Waals surface area contributed by atoms with Gasteiger partial charge < -0.3 is 15.3 Å². The van der Waals surface area contributed by atoms with E-state index in [4.69, 9.17) is 0 Å². The molecule has 1 aromatic carbocycles. The molecule has 0 unspecified atom stereocenters. The molecule has 7 nitrogen and oxygen atoms in total. The average Bonchev–Trinajstić information content (AvgIpc) is 2.47. The van der Waals surface area contributed by atoms with Gasteiger partial charge in [0.05, 0.1) is 11.0 Å². The largest absolute Gasteiger partial charge is 0.393 e. The first-order chi connectivity index (χ1) is 10.0. The Hall–Kier alpha value is -1.99. The molecule has 0 radical (unpaired) electrons. The van der Waals surface area contributed by atoms with Crippen LogP contribution in [0.4, 0.5) is 11.4 Å². The molecule has 1 aromatic rings. The summed E-state index contributed by atoms with van der Waals surface area (Å²) in [4.78, 5) is 24.2. The number of nitro benzene ring substituents is 1. The van der Waals surface area contributed by atoms with Crippen molar-refractivity contribution in [1.29, 1.82) is 0 Å². The van der Waals surface area contributed by atoms with Crippen LogP contribution >= 0.6 is 0 Å². The molecule has 1 aliphatic heterocycles. The predicted octanol–water partition coefficient (Wildman–Crippen LogP) is 1.38. The molecule has 0 atom stereocenters. The summed E-state index contributed by atoms with van der Waals surface area (Å²) in [5, 5.41) is 22.7. The topological polar surface area (TPSA) is 95.7 Å². The number of likely N-dealkylation sites (tertiary alicyclic amines) is 1. The van der Waals surface area contributed by atoms with E-state index in [1.165, 1.54) is 12.1 Å². The molecule has 2 rings (SSSR count). The molecule has 0 aliphatic carbocycles. The molecule has 2 N–H and O–H groups in total. The molecular weight excluding hydrogens is 274 g/mol. The summed E-state index contributed by atoms with van der Waals surface area (Å²) >= 11 is 0. The van der Waals surface area contributed by atoms with Gasteiger partial charge >= 0.3 is 0 Å². The highest BCUT2D eigenvalue weighted by atomic mass is 16.6. The van der Waals surface area contributed by atoms with Crippen LogP contribution < -0.4 is 5.32 Å². The molecule has 0 bridgehead atoms. The fourth-order valence-corrected chi connectivity index (χ4v) is 2.32. The lowest BCUT2D eigenvalue weighted by molar-refractivity contribution is -0.384. The standard InChI is InChI=1S/C14H19N3O4/c18-13-4-7-16(8-5-13)9-6-14(19)15-11-2-1-3-12(10-11)17(20)21/h1-3,10,13,18H,4-9H2,(H,15,19). The Labute approximate surface area is 122 Å². The Bertz CT molecular complexity index is 513. The summed E-state index contributed by atoms with van der Waals surface area (Å²) in [6, 6.07) is 5.89. The number of carbonyl (C=O) groups excluding carboxylic acids is 1. The van der Waals surface area contributed by atoms with Crippen molar-refractivity contribution < 1.29 is 14.8 Å². The molecule has 0 saturated carbocycles. The first kappa shape index (κ1) is 15.4. The van der Waals surface area contributed by atoms with Crippen LogP contribution in [0.15, 0.2) is 24.3 Å². The second kappa shape index (κ2) is 7.14. The van der Waals surface area contributed by atoms with Gasteiger partial charge in [-0.3, -0.25) is 14.9 Å². The number of aliphatic hydroxyl groups is 1. The van der Waals surface area contributed by atoms with Gasteiger partial charge in [-0.2, -0.15) is 0 Å². The Kier molecular flexibility index (Phi) is 5.24. The highest BCUT2D eigenvalue weighted by Crippen LogP contribution is 2.17. The minimum atomic E-state index is -0.491. The molecule has 1 amide bonds. The highest BCUT2D eigenvalue weighted by molar-refractivity contribution is 5.91. The molecule has 1 aliphatic rings. The summed E-state index contributed by atoms with van der Waals surface area (Å²) < 4.78 is 0. The third kappa shape index (κ3) is 4.80. The van der Waals surface area contributed by atoms with Crippen LogP contribution in [0.1, 0.15) is 19.3 Å². The van der Waals surface area contributed by atoms with Crippen molar-refractivity contribution in [2.45, 2.75) is 25.4 Å². The van der Waals surface area contributed by atoms with Crippen LogP contribution in [0, 0.1) is 10.1 Å². The lowest BCUT2D eigenvalue weighted by Gasteiger charge is -2.29. The number of aliphatic hydroxyl groups excluding tert-OH is 1. The second-order valence-corrected chi connectivity index (χ2v) is 5.18. The van der Waals surface area contributed by atoms with Crippen LogP contribution in [0.2, 0.25) is 0 Å². The molecule has 0 aromatic heterocycles. The fraction of sp³-hybridized carbons (Fsp3) is 0.500. The van der Waals surface area contributed by atoms with Crippen LogP contribution in [0.3, 0.4) is 0 Å². The van der Waals surface area contributed by atoms with Gasteiger partial charge in [0, 0.05) is 43.9 Å². The van der Waals surface area contributed by atoms with Gasteiger partial charge in [-0.1, -0.05) is 6.07 Å². The zero-order chi connectivity index (χ0) is 15.2. The van der Waals surface area contributed by atoms with Crippen molar-refractivity contribution in [3.05, 3.63) is 34.4 Å². The number of rotatable bonds is 5. The number of benzene rings is 1. The number of nitrogens with zero attached hydrogens (tertiary/aromatic N) is 2. The molecule has 1 heterocycles. The van der Waals surface area contributed by atoms with E-state index in [1.807, 2.05) is 0 Å². The van der Waals surface area contributed by atoms with E-state index in [1.54, 1.807) is 12.1 Å². The molecule has 1 saturated heterocycles. The fourth-order valence-electron chi connectivity index (χ4n) is 2.32. The van der Waals surface area contributed by atoms with Crippen molar-refractivity contribution >= 4 is 17.3 Å². The van der Waals surface area contributed by atoms with Crippen LogP contribution in [-0.4, -0.2) is 46.6 Å². The number of piperidine rings is 1. The van der Waals surface area contributed by atoms with Crippen molar-refractivity contribution in [2.75, 3.05) is 25.0 Å². The Morgan fingerprint density at radius 1 is 1.43 bits per heavy atom. The number of nitrogens with one attached hydrogen (secondary N) is 1. The van der Waals surface area contributed by atoms with Gasteiger partial charge in [-0.15, -0.1) is 0 Å². The highest BCUT2D eigenvalue weighted by Gasteiger charge is 2.17. The monoisotopic (exact) mass is 293 g/mol. The van der Waals surface area contributed by atoms with E-state index in [2.05, 4.69) is 10.2 Å². The normalized spacial score (nSPS) is 16.6. The first-order valence-electron chi connectivity index (χ1n) is 6.99. The molecule has 7 heteroatoms. The average molecular weight is 293 g/mol. The predicted molar refractivity (Wildman–Crippen MR) is 78.0 cm³/mol. The zero-order valence-electron chi connectivity index (χ0n) is 11.7. The maximum atomic E-state index is 11.8. The molecule has 21 heavy (non-hydrogen) atoms. The SMILES string of the molecule is O=C(CCN1CCC(O)CC1)Nc1cccc([N+](=O)[O-])c1. The minimum Gasteiger partial charge on any atom is -0.393 e. The Balaban J connectivity index is 1.79. The molecule has 0 spiro atoms. The number of hydrogen-bond acceptors (Lipinski definition) is 5. The van der Waals surface area contributed by atoms with Gasteiger partial charge in [-0.05, 0) is 18.9 Å². The lowest BCUT2D eigenvalue weighted by atomic mass is 10.1. The van der Waals surface area contributed by atoms with E-state index in [0.29, 0.717) is 18.7 Å². The van der Waals surface area contributed by atoms with Gasteiger partial charge in [0.15, 0.2) is 0 Å². The van der Waals surface area contributed by atoms with Gasteiger partial charge in [-0.25, -0.2) is 0 Å². The lowest BCUT2D eigenvalue weighted by Crippen LogP contribution is -2.37. The van der Waals surface area contributed by atoms with Gasteiger partial charge in [0.2, 0.25) is 5.91 Å². The Morgan fingerprint density at radius 3 is 2.81 bits per heavy atom. The van der Waals surface area contributed by atoms with E-state index in [-0.39, 0.29) is 17.7 Å². The number of nitro groups is 1. The van der Waals surface area contributed by atoms with Crippen LogP contribution in [0.25, 0.3) is 0 Å². The summed E-state index contributed by atoms with van der Waals surface area (Å²) in [6.45, 7) is 2.23. The van der Waals surface area contributed by atoms with Crippen molar-refractivity contribution in [3.8, 4) is 0 Å². The van der Waals surface area contributed by atoms with Gasteiger partial charge in [0.25, 0.3) is 5.69 Å². The smallest absolute Gasteiger partial charge is 0.271 e. The molecule has 114 valence electrons. The van der Waals surface area contributed by atoms with E-state index >= 15 is 0 Å². The second-order valence-electron chi connectivity index (χ2n) is 5.18. The first-order valence-corrected chi connectivity index (χ1v) is 6.99. The number of non-ortho nitro benzene ring substituents is 1. The van der Waals surface area contributed by atoms with E-state index < -0.39 is 4.92 Å². The third-order valence-corrected chi connectivity index (χ3v) is 3.55. The van der Waals surface area contributed by atoms with Crippen LogP contribution in [0.5, 0.6) is 0 Å². The summed E-state index contributed by atoms with van der Waals surface area (Å²) in [5.74, 6) is -0.165. The van der Waals surface area contributed by atoms with E-state index in [0.717, 1.165) is 25.9 Å². The summed E-state index contributed by atoms with van der Waals surface area (Å²) in [5.41, 5.74) is 0.390. The van der Waals surface area contributed by atoms with Crippen molar-refractivity contribution in [2.24, 2.45) is 0 Å². The number of amides is 1. The summed E-state index contributed by atoms with van der Waals surface area (Å²) in [7, 11) is 0. The maximum Gasteiger partial charge on any atom is 0.271 e. The van der Waals surface area contributed by atoms with Crippen molar-refractivity contribution in [3.63, 3.8) is 0 Å².